The molecule has 1 N–H and O–H groups in total. The molecule has 0 amide bonds. The number of H-pyrrole nitrogens is 1. The first-order valence-electron chi connectivity index (χ1n) is 8.56. The van der Waals surface area contributed by atoms with Crippen molar-refractivity contribution in [3.05, 3.63) is 29.8 Å². The monoisotopic (exact) mass is 356 g/mol. The van der Waals surface area contributed by atoms with E-state index in [0.717, 1.165) is 53.5 Å². The Hall–Kier alpha value is -2.41. The first-order valence-corrected chi connectivity index (χ1v) is 9.44. The van der Waals surface area contributed by atoms with E-state index in [0.29, 0.717) is 6.61 Å². The minimum atomic E-state index is -0.0696. The summed E-state index contributed by atoms with van der Waals surface area (Å²) in [6.45, 7) is 3.91. The van der Waals surface area contributed by atoms with Crippen LogP contribution in [0.4, 0.5) is 5.95 Å². The SMILES string of the molecule is CCOC(=O)C1CCN(c2nc3ccc(-c4nccs4)cc3[nH]2)CC1. The molecule has 0 saturated carbocycles. The van der Waals surface area contributed by atoms with Crippen LogP contribution in [0.1, 0.15) is 19.8 Å². The van der Waals surface area contributed by atoms with Crippen LogP contribution >= 0.6 is 11.3 Å². The lowest BCUT2D eigenvalue weighted by Crippen LogP contribution is -2.37. The maximum Gasteiger partial charge on any atom is 0.309 e. The molecule has 6 nitrogen and oxygen atoms in total. The summed E-state index contributed by atoms with van der Waals surface area (Å²) in [4.78, 5) is 26.5. The summed E-state index contributed by atoms with van der Waals surface area (Å²) in [6.07, 6.45) is 3.43. The van der Waals surface area contributed by atoms with Gasteiger partial charge in [0.1, 0.15) is 5.01 Å². The third-order valence-corrected chi connectivity index (χ3v) is 5.39. The van der Waals surface area contributed by atoms with Gasteiger partial charge in [-0.1, -0.05) is 0 Å². The van der Waals surface area contributed by atoms with Gasteiger partial charge in [0.05, 0.1) is 23.6 Å². The van der Waals surface area contributed by atoms with Gasteiger partial charge in [-0.2, -0.15) is 0 Å². The molecular weight excluding hydrogens is 336 g/mol. The molecule has 0 bridgehead atoms. The number of hydrogen-bond donors (Lipinski definition) is 1. The van der Waals surface area contributed by atoms with E-state index in [2.05, 4.69) is 27.0 Å². The summed E-state index contributed by atoms with van der Waals surface area (Å²) >= 11 is 1.63. The highest BCUT2D eigenvalue weighted by Gasteiger charge is 2.27. The Morgan fingerprint density at radius 1 is 1.40 bits per heavy atom. The van der Waals surface area contributed by atoms with Crippen molar-refractivity contribution in [2.24, 2.45) is 5.92 Å². The molecule has 1 aliphatic heterocycles. The van der Waals surface area contributed by atoms with Crippen LogP contribution in [0, 0.1) is 5.92 Å². The van der Waals surface area contributed by atoms with Gasteiger partial charge >= 0.3 is 5.97 Å². The van der Waals surface area contributed by atoms with E-state index in [1.807, 2.05) is 24.6 Å². The molecule has 1 fully saturated rings. The molecule has 1 aliphatic rings. The average molecular weight is 356 g/mol. The first kappa shape index (κ1) is 16.1. The quantitative estimate of drug-likeness (QED) is 0.725. The van der Waals surface area contributed by atoms with E-state index < -0.39 is 0 Å². The van der Waals surface area contributed by atoms with Gasteiger partial charge in [0.15, 0.2) is 0 Å². The zero-order valence-electron chi connectivity index (χ0n) is 14.1. The van der Waals surface area contributed by atoms with Crippen molar-refractivity contribution < 1.29 is 9.53 Å². The van der Waals surface area contributed by atoms with Crippen LogP contribution in [0.5, 0.6) is 0 Å². The number of aromatic amines is 1. The standard InChI is InChI=1S/C18H20N4O2S/c1-2-24-17(23)12-5-8-22(9-6-12)18-20-14-4-3-13(11-15(14)21-18)16-19-7-10-25-16/h3-4,7,10-12H,2,5-6,8-9H2,1H3,(H,20,21). The number of aromatic nitrogens is 3. The Morgan fingerprint density at radius 2 is 2.24 bits per heavy atom. The Bertz CT molecular complexity index is 866. The molecule has 0 radical (unpaired) electrons. The zero-order valence-corrected chi connectivity index (χ0v) is 14.9. The Balaban J connectivity index is 1.50. The number of carbonyl (C=O) groups excluding carboxylic acids is 1. The number of esters is 1. The van der Waals surface area contributed by atoms with Crippen LogP contribution in [-0.4, -0.2) is 40.6 Å². The predicted molar refractivity (Wildman–Crippen MR) is 98.8 cm³/mol. The Kier molecular flexibility index (Phi) is 4.40. The van der Waals surface area contributed by atoms with E-state index >= 15 is 0 Å². The van der Waals surface area contributed by atoms with Crippen molar-refractivity contribution >= 4 is 34.3 Å². The summed E-state index contributed by atoms with van der Waals surface area (Å²) in [7, 11) is 0. The smallest absolute Gasteiger partial charge is 0.309 e. The maximum absolute atomic E-state index is 11.9. The van der Waals surface area contributed by atoms with Gasteiger partial charge in [0.2, 0.25) is 5.95 Å². The molecule has 7 heteroatoms. The minimum Gasteiger partial charge on any atom is -0.466 e. The zero-order chi connectivity index (χ0) is 17.2. The number of nitrogens with zero attached hydrogens (tertiary/aromatic N) is 3. The number of piperidine rings is 1. The van der Waals surface area contributed by atoms with Gasteiger partial charge in [0.25, 0.3) is 0 Å². The number of hydrogen-bond acceptors (Lipinski definition) is 6. The molecule has 3 heterocycles. The molecular formula is C18H20N4O2S. The number of thiazole rings is 1. The first-order chi connectivity index (χ1) is 12.2. The molecule has 25 heavy (non-hydrogen) atoms. The number of benzene rings is 1. The summed E-state index contributed by atoms with van der Waals surface area (Å²) < 4.78 is 5.13. The molecule has 0 atom stereocenters. The fourth-order valence-corrected chi connectivity index (χ4v) is 3.87. The second-order valence-corrected chi connectivity index (χ2v) is 7.04. The van der Waals surface area contributed by atoms with Gasteiger partial charge in [-0.3, -0.25) is 4.79 Å². The van der Waals surface area contributed by atoms with Crippen molar-refractivity contribution in [1.82, 2.24) is 15.0 Å². The lowest BCUT2D eigenvalue weighted by atomic mass is 9.97. The molecule has 2 aromatic heterocycles. The normalized spacial score (nSPS) is 15.6. The molecule has 1 saturated heterocycles. The summed E-state index contributed by atoms with van der Waals surface area (Å²) in [5.74, 6) is 0.811. The molecule has 4 rings (SSSR count). The summed E-state index contributed by atoms with van der Waals surface area (Å²) in [6, 6.07) is 6.17. The van der Waals surface area contributed by atoms with E-state index in [-0.39, 0.29) is 11.9 Å². The number of rotatable bonds is 4. The number of ether oxygens (including phenoxy) is 1. The fraction of sp³-hybridized carbons (Fsp3) is 0.389. The third kappa shape index (κ3) is 3.24. The molecule has 130 valence electrons. The van der Waals surface area contributed by atoms with Crippen molar-refractivity contribution in [1.29, 1.82) is 0 Å². The van der Waals surface area contributed by atoms with Gasteiger partial charge in [0, 0.05) is 30.2 Å². The van der Waals surface area contributed by atoms with Gasteiger partial charge in [-0.25, -0.2) is 9.97 Å². The topological polar surface area (TPSA) is 71.1 Å². The predicted octanol–water partition coefficient (Wildman–Crippen LogP) is 3.47. The molecule has 0 aliphatic carbocycles. The highest BCUT2D eigenvalue weighted by atomic mass is 32.1. The van der Waals surface area contributed by atoms with Crippen LogP contribution in [0.15, 0.2) is 29.8 Å². The fourth-order valence-electron chi connectivity index (χ4n) is 3.23. The highest BCUT2D eigenvalue weighted by molar-refractivity contribution is 7.13. The average Bonchev–Trinajstić information content (AvgIpc) is 3.31. The Labute approximate surface area is 149 Å². The van der Waals surface area contributed by atoms with Gasteiger partial charge in [-0.15, -0.1) is 11.3 Å². The number of fused-ring (bicyclic) bond motifs is 1. The van der Waals surface area contributed by atoms with E-state index in [9.17, 15) is 4.79 Å². The lowest BCUT2D eigenvalue weighted by molar-refractivity contribution is -0.148. The van der Waals surface area contributed by atoms with E-state index in [1.165, 1.54) is 0 Å². The van der Waals surface area contributed by atoms with Crippen LogP contribution in [-0.2, 0) is 9.53 Å². The van der Waals surface area contributed by atoms with Crippen molar-refractivity contribution in [2.75, 3.05) is 24.6 Å². The summed E-state index contributed by atoms with van der Waals surface area (Å²) in [5.41, 5.74) is 3.05. The largest absolute Gasteiger partial charge is 0.466 e. The molecule has 0 spiro atoms. The second-order valence-electron chi connectivity index (χ2n) is 6.14. The lowest BCUT2D eigenvalue weighted by Gasteiger charge is -2.30. The van der Waals surface area contributed by atoms with E-state index in [1.54, 1.807) is 11.3 Å². The molecule has 1 aromatic carbocycles. The van der Waals surface area contributed by atoms with E-state index in [4.69, 9.17) is 9.72 Å². The second kappa shape index (κ2) is 6.84. The van der Waals surface area contributed by atoms with Crippen molar-refractivity contribution in [3.63, 3.8) is 0 Å². The van der Waals surface area contributed by atoms with Crippen LogP contribution in [0.3, 0.4) is 0 Å². The Morgan fingerprint density at radius 3 is 2.96 bits per heavy atom. The number of imidazole rings is 1. The van der Waals surface area contributed by atoms with Crippen LogP contribution < -0.4 is 4.90 Å². The molecule has 3 aromatic rings. The maximum atomic E-state index is 11.9. The van der Waals surface area contributed by atoms with Crippen molar-refractivity contribution in [2.45, 2.75) is 19.8 Å². The van der Waals surface area contributed by atoms with Gasteiger partial charge < -0.3 is 14.6 Å². The minimum absolute atomic E-state index is 0.0112. The number of anilines is 1. The van der Waals surface area contributed by atoms with Crippen molar-refractivity contribution in [3.8, 4) is 10.6 Å². The summed E-state index contributed by atoms with van der Waals surface area (Å²) in [5, 5.41) is 2.99. The molecule has 0 unspecified atom stereocenters. The number of nitrogens with one attached hydrogen (secondary N) is 1. The highest BCUT2D eigenvalue weighted by Crippen LogP contribution is 2.28. The van der Waals surface area contributed by atoms with Crippen LogP contribution in [0.2, 0.25) is 0 Å². The third-order valence-electron chi connectivity index (χ3n) is 4.56. The van der Waals surface area contributed by atoms with Crippen LogP contribution in [0.25, 0.3) is 21.6 Å². The number of carbonyl (C=O) groups is 1. The van der Waals surface area contributed by atoms with Gasteiger partial charge in [-0.05, 0) is 38.0 Å².